The molecule has 0 aliphatic carbocycles. The number of ether oxygens (including phenoxy) is 1. The molecule has 1 aromatic carbocycles. The fraction of sp³-hybridized carbons (Fsp3) is 0.522. The highest BCUT2D eigenvalue weighted by Crippen LogP contribution is 2.24. The smallest absolute Gasteiger partial charge is 0.236 e. The number of piperazine rings is 1. The second kappa shape index (κ2) is 10.5. The molecule has 0 saturated carbocycles. The van der Waals surface area contributed by atoms with Gasteiger partial charge in [0.1, 0.15) is 0 Å². The first-order chi connectivity index (χ1) is 15.2. The lowest BCUT2D eigenvalue weighted by molar-refractivity contribution is -0.135. The Hall–Kier alpha value is -2.73. The van der Waals surface area contributed by atoms with E-state index in [0.29, 0.717) is 32.7 Å². The predicted molar refractivity (Wildman–Crippen MR) is 117 cm³/mol. The van der Waals surface area contributed by atoms with Crippen molar-refractivity contribution in [1.29, 1.82) is 5.26 Å². The van der Waals surface area contributed by atoms with Crippen LogP contribution in [-0.4, -0.2) is 89.4 Å². The standard InChI is InChI=1S/C23H30N6O2/c24-7-4-8-29-18-21(23(25-29)20-5-2-1-3-6-20)17-26-9-11-28(12-10-26)22(30)19-27-13-15-31-16-14-27/h1-3,5-6,18H,4,8-17,19H2. The highest BCUT2D eigenvalue weighted by molar-refractivity contribution is 5.78. The number of nitriles is 1. The average molecular weight is 423 g/mol. The SMILES string of the molecule is N#CCCn1cc(CN2CCN(C(=O)CN3CCOCC3)CC2)c(-c2ccccc2)n1. The van der Waals surface area contributed by atoms with Crippen molar-refractivity contribution in [3.63, 3.8) is 0 Å². The Labute approximate surface area is 183 Å². The van der Waals surface area contributed by atoms with E-state index in [1.54, 1.807) is 0 Å². The second-order valence-corrected chi connectivity index (χ2v) is 8.09. The van der Waals surface area contributed by atoms with E-state index in [1.807, 2.05) is 27.8 Å². The van der Waals surface area contributed by atoms with Crippen molar-refractivity contribution in [1.82, 2.24) is 24.5 Å². The Morgan fingerprint density at radius 1 is 1.03 bits per heavy atom. The topological polar surface area (TPSA) is 77.6 Å². The third-order valence-corrected chi connectivity index (χ3v) is 5.92. The fourth-order valence-electron chi connectivity index (χ4n) is 4.14. The minimum absolute atomic E-state index is 0.218. The summed E-state index contributed by atoms with van der Waals surface area (Å²) in [5.41, 5.74) is 3.23. The van der Waals surface area contributed by atoms with Crippen molar-refractivity contribution in [2.45, 2.75) is 19.5 Å². The molecule has 2 saturated heterocycles. The van der Waals surface area contributed by atoms with Gasteiger partial charge in [-0.2, -0.15) is 10.4 Å². The van der Waals surface area contributed by atoms with Crippen LogP contribution in [0.25, 0.3) is 11.3 Å². The van der Waals surface area contributed by atoms with Crippen LogP contribution in [0.15, 0.2) is 36.5 Å². The molecule has 3 heterocycles. The van der Waals surface area contributed by atoms with E-state index >= 15 is 0 Å². The summed E-state index contributed by atoms with van der Waals surface area (Å²) in [6.45, 7) is 8.21. The minimum atomic E-state index is 0.218. The average Bonchev–Trinajstić information content (AvgIpc) is 3.22. The maximum Gasteiger partial charge on any atom is 0.236 e. The van der Waals surface area contributed by atoms with Crippen molar-refractivity contribution in [3.05, 3.63) is 42.1 Å². The summed E-state index contributed by atoms with van der Waals surface area (Å²) in [7, 11) is 0. The quantitative estimate of drug-likeness (QED) is 0.672. The summed E-state index contributed by atoms with van der Waals surface area (Å²) < 4.78 is 7.24. The van der Waals surface area contributed by atoms with Gasteiger partial charge in [0.25, 0.3) is 0 Å². The molecule has 0 bridgehead atoms. The fourth-order valence-corrected chi connectivity index (χ4v) is 4.14. The Morgan fingerprint density at radius 2 is 1.77 bits per heavy atom. The normalized spacial score (nSPS) is 18.1. The van der Waals surface area contributed by atoms with Gasteiger partial charge in [-0.15, -0.1) is 0 Å². The number of morpholine rings is 1. The molecule has 2 aliphatic rings. The van der Waals surface area contributed by atoms with Crippen molar-refractivity contribution >= 4 is 5.91 Å². The van der Waals surface area contributed by atoms with Gasteiger partial charge < -0.3 is 9.64 Å². The van der Waals surface area contributed by atoms with Crippen molar-refractivity contribution in [2.75, 3.05) is 59.0 Å². The van der Waals surface area contributed by atoms with E-state index in [-0.39, 0.29) is 5.91 Å². The van der Waals surface area contributed by atoms with E-state index in [1.165, 1.54) is 0 Å². The van der Waals surface area contributed by atoms with Gasteiger partial charge in [0, 0.05) is 63.1 Å². The third-order valence-electron chi connectivity index (χ3n) is 5.92. The monoisotopic (exact) mass is 422 g/mol. The summed E-state index contributed by atoms with van der Waals surface area (Å²) in [6, 6.07) is 12.4. The lowest BCUT2D eigenvalue weighted by Crippen LogP contribution is -2.52. The number of rotatable bonds is 7. The summed E-state index contributed by atoms with van der Waals surface area (Å²) in [5.74, 6) is 0.218. The molecule has 1 amide bonds. The van der Waals surface area contributed by atoms with Gasteiger partial charge in [-0.05, 0) is 0 Å². The van der Waals surface area contributed by atoms with Crippen molar-refractivity contribution in [2.24, 2.45) is 0 Å². The van der Waals surface area contributed by atoms with Gasteiger partial charge in [-0.1, -0.05) is 30.3 Å². The molecular formula is C23H30N6O2. The molecular weight excluding hydrogens is 392 g/mol. The van der Waals surface area contributed by atoms with Crippen LogP contribution in [0.3, 0.4) is 0 Å². The Balaban J connectivity index is 1.36. The maximum absolute atomic E-state index is 12.7. The largest absolute Gasteiger partial charge is 0.379 e. The molecule has 2 aliphatic heterocycles. The maximum atomic E-state index is 12.7. The molecule has 0 N–H and O–H groups in total. The van der Waals surface area contributed by atoms with Crippen molar-refractivity contribution < 1.29 is 9.53 Å². The van der Waals surface area contributed by atoms with E-state index < -0.39 is 0 Å². The Kier molecular flexibility index (Phi) is 7.30. The van der Waals surface area contributed by atoms with Crippen LogP contribution in [0.5, 0.6) is 0 Å². The van der Waals surface area contributed by atoms with Crippen LogP contribution < -0.4 is 0 Å². The van der Waals surface area contributed by atoms with Gasteiger partial charge in [0.15, 0.2) is 0 Å². The minimum Gasteiger partial charge on any atom is -0.379 e. The number of hydrogen-bond acceptors (Lipinski definition) is 6. The molecule has 1 aromatic heterocycles. The zero-order valence-corrected chi connectivity index (χ0v) is 17.9. The van der Waals surface area contributed by atoms with E-state index in [2.05, 4.69) is 34.2 Å². The van der Waals surface area contributed by atoms with Crippen LogP contribution in [0.2, 0.25) is 0 Å². The van der Waals surface area contributed by atoms with Crippen LogP contribution in [-0.2, 0) is 22.6 Å². The van der Waals surface area contributed by atoms with Crippen molar-refractivity contribution in [3.8, 4) is 17.3 Å². The summed E-state index contributed by atoms with van der Waals surface area (Å²) in [6.07, 6.45) is 2.51. The van der Waals surface area contributed by atoms with E-state index in [0.717, 1.165) is 62.6 Å². The molecule has 164 valence electrons. The molecule has 8 heteroatoms. The molecule has 4 rings (SSSR count). The first kappa shape index (κ1) is 21.5. The van der Waals surface area contributed by atoms with Crippen LogP contribution in [0, 0.1) is 11.3 Å². The van der Waals surface area contributed by atoms with Crippen LogP contribution >= 0.6 is 0 Å². The molecule has 2 aromatic rings. The molecule has 31 heavy (non-hydrogen) atoms. The number of hydrogen-bond donors (Lipinski definition) is 0. The molecule has 8 nitrogen and oxygen atoms in total. The number of carbonyl (C=O) groups is 1. The first-order valence-corrected chi connectivity index (χ1v) is 11.0. The van der Waals surface area contributed by atoms with Crippen LogP contribution in [0.4, 0.5) is 0 Å². The highest BCUT2D eigenvalue weighted by Gasteiger charge is 2.24. The Bertz CT molecular complexity index is 893. The summed E-state index contributed by atoms with van der Waals surface area (Å²) in [5, 5.41) is 13.7. The number of nitrogens with zero attached hydrogens (tertiary/aromatic N) is 6. The van der Waals surface area contributed by atoms with Crippen LogP contribution in [0.1, 0.15) is 12.0 Å². The first-order valence-electron chi connectivity index (χ1n) is 11.0. The van der Waals surface area contributed by atoms with E-state index in [9.17, 15) is 4.79 Å². The Morgan fingerprint density at radius 3 is 2.48 bits per heavy atom. The lowest BCUT2D eigenvalue weighted by atomic mass is 10.1. The summed E-state index contributed by atoms with van der Waals surface area (Å²) in [4.78, 5) is 19.2. The van der Waals surface area contributed by atoms with E-state index in [4.69, 9.17) is 15.1 Å². The number of aryl methyl sites for hydroxylation is 1. The molecule has 0 unspecified atom stereocenters. The third kappa shape index (κ3) is 5.70. The number of benzene rings is 1. The number of amides is 1. The summed E-state index contributed by atoms with van der Waals surface area (Å²) >= 11 is 0. The van der Waals surface area contributed by atoms with Gasteiger partial charge in [-0.3, -0.25) is 19.3 Å². The van der Waals surface area contributed by atoms with Gasteiger partial charge >= 0.3 is 0 Å². The number of aromatic nitrogens is 2. The molecule has 0 radical (unpaired) electrons. The predicted octanol–water partition coefficient (Wildman–Crippen LogP) is 1.44. The van der Waals surface area contributed by atoms with Gasteiger partial charge in [0.2, 0.25) is 5.91 Å². The lowest BCUT2D eigenvalue weighted by Gasteiger charge is -2.36. The zero-order chi connectivity index (χ0) is 21.5. The second-order valence-electron chi connectivity index (χ2n) is 8.09. The van der Waals surface area contributed by atoms with Gasteiger partial charge in [0.05, 0.1) is 44.5 Å². The molecule has 0 atom stereocenters. The number of carbonyl (C=O) groups excluding carboxylic acids is 1. The zero-order valence-electron chi connectivity index (χ0n) is 17.9. The molecule has 2 fully saturated rings. The molecule has 0 spiro atoms. The van der Waals surface area contributed by atoms with Gasteiger partial charge in [-0.25, -0.2) is 0 Å². The highest BCUT2D eigenvalue weighted by atomic mass is 16.5.